The van der Waals surface area contributed by atoms with Gasteiger partial charge >= 0.3 is 5.97 Å². The number of sulfonamides is 1. The molecule has 0 spiro atoms. The first-order valence-electron chi connectivity index (χ1n) is 10.3. The number of rotatable bonds is 9. The summed E-state index contributed by atoms with van der Waals surface area (Å²) in [7, 11) is -3.05. The van der Waals surface area contributed by atoms with E-state index in [4.69, 9.17) is 16.3 Å². The molecule has 0 saturated heterocycles. The molecule has 0 unspecified atom stereocenters. The molecule has 3 rings (SSSR count). The van der Waals surface area contributed by atoms with E-state index in [1.54, 1.807) is 12.1 Å². The van der Waals surface area contributed by atoms with Gasteiger partial charge in [0.15, 0.2) is 0 Å². The van der Waals surface area contributed by atoms with E-state index in [2.05, 4.69) is 10.1 Å². The van der Waals surface area contributed by atoms with Crippen LogP contribution in [0.3, 0.4) is 0 Å². The molecule has 11 heteroatoms. The number of nitrogens with zero attached hydrogens (tertiary/aromatic N) is 1. The molecular weight excluding hydrogens is 499 g/mol. The van der Waals surface area contributed by atoms with Crippen LogP contribution in [0, 0.1) is 5.82 Å². The molecule has 184 valence electrons. The number of anilines is 2. The van der Waals surface area contributed by atoms with Crippen LogP contribution in [0.25, 0.3) is 0 Å². The summed E-state index contributed by atoms with van der Waals surface area (Å²) in [6.45, 7) is 1.60. The molecule has 8 nitrogen and oxygen atoms in total. The fourth-order valence-electron chi connectivity index (χ4n) is 3.11. The minimum Gasteiger partial charge on any atom is -0.494 e. The van der Waals surface area contributed by atoms with E-state index in [-0.39, 0.29) is 26.9 Å². The number of halogens is 2. The average Bonchev–Trinajstić information content (AvgIpc) is 2.84. The van der Waals surface area contributed by atoms with Crippen LogP contribution >= 0.6 is 11.6 Å². The van der Waals surface area contributed by atoms with E-state index in [9.17, 15) is 22.4 Å². The largest absolute Gasteiger partial charge is 0.494 e. The Morgan fingerprint density at radius 2 is 1.69 bits per heavy atom. The summed E-state index contributed by atoms with van der Waals surface area (Å²) in [4.78, 5) is 24.5. The van der Waals surface area contributed by atoms with Gasteiger partial charge in [0.1, 0.15) is 18.1 Å². The summed E-state index contributed by atoms with van der Waals surface area (Å²) in [6, 6.07) is 14.5. The molecule has 0 aliphatic rings. The number of hydrogen-bond donors (Lipinski definition) is 1. The van der Waals surface area contributed by atoms with Crippen molar-refractivity contribution in [3.63, 3.8) is 0 Å². The minimum atomic E-state index is -4.26. The van der Waals surface area contributed by atoms with E-state index in [0.29, 0.717) is 12.4 Å². The second kappa shape index (κ2) is 11.2. The van der Waals surface area contributed by atoms with Gasteiger partial charge in [0, 0.05) is 0 Å². The number of esters is 1. The monoisotopic (exact) mass is 520 g/mol. The van der Waals surface area contributed by atoms with E-state index in [1.165, 1.54) is 37.4 Å². The zero-order valence-corrected chi connectivity index (χ0v) is 20.4. The lowest BCUT2D eigenvalue weighted by molar-refractivity contribution is -0.114. The first-order chi connectivity index (χ1) is 16.6. The molecule has 1 amide bonds. The van der Waals surface area contributed by atoms with Gasteiger partial charge in [0.05, 0.1) is 40.6 Å². The predicted molar refractivity (Wildman–Crippen MR) is 130 cm³/mol. The zero-order valence-electron chi connectivity index (χ0n) is 18.8. The zero-order chi connectivity index (χ0) is 25.6. The van der Waals surface area contributed by atoms with Gasteiger partial charge in [0.2, 0.25) is 5.91 Å². The molecule has 0 radical (unpaired) electrons. The van der Waals surface area contributed by atoms with Crippen molar-refractivity contribution in [1.82, 2.24) is 0 Å². The maximum Gasteiger partial charge on any atom is 0.337 e. The maximum absolute atomic E-state index is 13.4. The fraction of sp³-hybridized carbons (Fsp3) is 0.167. The number of carbonyl (C=O) groups is 2. The maximum atomic E-state index is 13.4. The number of amides is 1. The van der Waals surface area contributed by atoms with Crippen molar-refractivity contribution >= 4 is 44.9 Å². The fourth-order valence-corrected chi connectivity index (χ4v) is 4.70. The smallest absolute Gasteiger partial charge is 0.337 e. The van der Waals surface area contributed by atoms with Crippen molar-refractivity contribution in [3.05, 3.63) is 83.1 Å². The van der Waals surface area contributed by atoms with E-state index in [0.717, 1.165) is 28.6 Å². The van der Waals surface area contributed by atoms with Crippen LogP contribution in [0.4, 0.5) is 15.8 Å². The van der Waals surface area contributed by atoms with Crippen LogP contribution in [0.5, 0.6) is 5.75 Å². The summed E-state index contributed by atoms with van der Waals surface area (Å²) in [5.74, 6) is -1.44. The van der Waals surface area contributed by atoms with Gasteiger partial charge in [-0.05, 0) is 73.7 Å². The quantitative estimate of drug-likeness (QED) is 0.417. The summed E-state index contributed by atoms with van der Waals surface area (Å²) < 4.78 is 51.1. The van der Waals surface area contributed by atoms with Crippen molar-refractivity contribution in [2.24, 2.45) is 0 Å². The highest BCUT2D eigenvalue weighted by molar-refractivity contribution is 7.92. The third-order valence-electron chi connectivity index (χ3n) is 4.79. The molecule has 35 heavy (non-hydrogen) atoms. The number of ether oxygens (including phenoxy) is 2. The lowest BCUT2D eigenvalue weighted by Crippen LogP contribution is -2.38. The number of hydrogen-bond acceptors (Lipinski definition) is 6. The highest BCUT2D eigenvalue weighted by atomic mass is 35.5. The molecule has 0 saturated carbocycles. The Morgan fingerprint density at radius 3 is 2.29 bits per heavy atom. The number of methoxy groups -OCH3 is 1. The van der Waals surface area contributed by atoms with Gasteiger partial charge in [0.25, 0.3) is 10.0 Å². The molecule has 0 aliphatic heterocycles. The predicted octanol–water partition coefficient (Wildman–Crippen LogP) is 4.50. The minimum absolute atomic E-state index is 0.102. The van der Waals surface area contributed by atoms with Crippen LogP contribution in [-0.4, -0.2) is 40.6 Å². The standard InChI is InChI=1S/C24H22ClFN2O6S/c1-3-34-19-9-7-18(8-10-19)28(35(31,32)20-11-5-17(26)6-12-20)15-23(29)27-22-14-16(24(30)33-2)4-13-21(22)25/h4-14H,3,15H2,1-2H3,(H,27,29). The highest BCUT2D eigenvalue weighted by Gasteiger charge is 2.28. The van der Waals surface area contributed by atoms with E-state index in [1.807, 2.05) is 6.92 Å². The van der Waals surface area contributed by atoms with Crippen LogP contribution in [-0.2, 0) is 19.6 Å². The highest BCUT2D eigenvalue weighted by Crippen LogP contribution is 2.27. The Bertz CT molecular complexity index is 1310. The molecule has 3 aromatic carbocycles. The topological polar surface area (TPSA) is 102 Å². The normalized spacial score (nSPS) is 11.0. The molecule has 0 aromatic heterocycles. The molecule has 0 atom stereocenters. The van der Waals surface area contributed by atoms with Crippen LogP contribution in [0.2, 0.25) is 5.02 Å². The summed E-state index contributed by atoms with van der Waals surface area (Å²) in [5.41, 5.74) is 0.433. The Balaban J connectivity index is 1.94. The Hall–Kier alpha value is -3.63. The van der Waals surface area contributed by atoms with Crippen molar-refractivity contribution < 1.29 is 31.9 Å². The summed E-state index contributed by atoms with van der Waals surface area (Å²) >= 11 is 6.14. The first-order valence-corrected chi connectivity index (χ1v) is 12.2. The van der Waals surface area contributed by atoms with Crippen LogP contribution in [0.15, 0.2) is 71.6 Å². The van der Waals surface area contributed by atoms with Gasteiger partial charge in [-0.1, -0.05) is 11.6 Å². The second-order valence-electron chi connectivity index (χ2n) is 7.13. The van der Waals surface area contributed by atoms with Gasteiger partial charge in [-0.3, -0.25) is 9.10 Å². The van der Waals surface area contributed by atoms with Crippen molar-refractivity contribution in [2.45, 2.75) is 11.8 Å². The van der Waals surface area contributed by atoms with Gasteiger partial charge in [-0.2, -0.15) is 0 Å². The molecule has 0 heterocycles. The summed E-state index contributed by atoms with van der Waals surface area (Å²) in [6.07, 6.45) is 0. The van der Waals surface area contributed by atoms with E-state index < -0.39 is 34.3 Å². The van der Waals surface area contributed by atoms with Crippen molar-refractivity contribution in [3.8, 4) is 5.75 Å². The molecular formula is C24H22ClFN2O6S. The van der Waals surface area contributed by atoms with Gasteiger partial charge in [-0.25, -0.2) is 17.6 Å². The third-order valence-corrected chi connectivity index (χ3v) is 6.90. The Kier molecular flexibility index (Phi) is 8.31. The Morgan fingerprint density at radius 1 is 1.03 bits per heavy atom. The van der Waals surface area contributed by atoms with Crippen molar-refractivity contribution in [2.75, 3.05) is 29.9 Å². The lowest BCUT2D eigenvalue weighted by Gasteiger charge is -2.24. The van der Waals surface area contributed by atoms with Crippen LogP contribution in [0.1, 0.15) is 17.3 Å². The average molecular weight is 521 g/mol. The molecule has 3 aromatic rings. The van der Waals surface area contributed by atoms with E-state index >= 15 is 0 Å². The number of benzene rings is 3. The lowest BCUT2D eigenvalue weighted by atomic mass is 10.2. The number of carbonyl (C=O) groups excluding carboxylic acids is 2. The molecule has 1 N–H and O–H groups in total. The van der Waals surface area contributed by atoms with Gasteiger partial charge in [-0.15, -0.1) is 0 Å². The Labute approximate surface area is 207 Å². The summed E-state index contributed by atoms with van der Waals surface area (Å²) in [5, 5.41) is 2.66. The second-order valence-corrected chi connectivity index (χ2v) is 9.40. The van der Waals surface area contributed by atoms with Crippen LogP contribution < -0.4 is 14.4 Å². The third kappa shape index (κ3) is 6.28. The molecule has 0 aliphatic carbocycles. The molecule has 0 bridgehead atoms. The molecule has 0 fully saturated rings. The van der Waals surface area contributed by atoms with Crippen molar-refractivity contribution in [1.29, 1.82) is 0 Å². The SMILES string of the molecule is CCOc1ccc(N(CC(=O)Nc2cc(C(=O)OC)ccc2Cl)S(=O)(=O)c2ccc(F)cc2)cc1. The van der Waals surface area contributed by atoms with Gasteiger partial charge < -0.3 is 14.8 Å². The first kappa shape index (κ1) is 26.0. The number of nitrogens with one attached hydrogen (secondary N) is 1.